The van der Waals surface area contributed by atoms with Crippen LogP contribution in [0.3, 0.4) is 0 Å². The van der Waals surface area contributed by atoms with E-state index in [9.17, 15) is 0 Å². The number of hydrogen-bond acceptors (Lipinski definition) is 0. The number of rotatable bonds is 7. The normalized spacial score (nSPS) is 16.5. The first kappa shape index (κ1) is 34.2. The molecule has 0 spiro atoms. The first-order valence-electron chi connectivity index (χ1n) is 17.2. The molecule has 4 aromatic rings. The topological polar surface area (TPSA) is 0 Å². The van der Waals surface area contributed by atoms with Crippen molar-refractivity contribution in [1.29, 1.82) is 0 Å². The van der Waals surface area contributed by atoms with Gasteiger partial charge in [0.05, 0.1) is 0 Å². The first-order chi connectivity index (χ1) is 21.6. The van der Waals surface area contributed by atoms with E-state index >= 15 is 0 Å². The summed E-state index contributed by atoms with van der Waals surface area (Å²) in [5.74, 6) is 0.394. The average Bonchev–Trinajstić information content (AvgIpc) is 3.57. The van der Waals surface area contributed by atoms with Crippen LogP contribution in [-0.4, -0.2) is 9.52 Å². The molecule has 240 valence electrons. The summed E-state index contributed by atoms with van der Waals surface area (Å²) in [6, 6.07) is 27.9. The van der Waals surface area contributed by atoms with Gasteiger partial charge in [0, 0.05) is 0 Å². The van der Waals surface area contributed by atoms with Gasteiger partial charge in [-0.1, -0.05) is 0 Å². The fourth-order valence-corrected chi connectivity index (χ4v) is 24.5. The van der Waals surface area contributed by atoms with Crippen molar-refractivity contribution in [1.82, 2.24) is 0 Å². The summed E-state index contributed by atoms with van der Waals surface area (Å²) in [5.41, 5.74) is 13.9. The quantitative estimate of drug-likeness (QED) is 0.146. The van der Waals surface area contributed by atoms with Crippen LogP contribution < -0.4 is 13.6 Å². The monoisotopic (exact) mass is 742 g/mol. The summed E-state index contributed by atoms with van der Waals surface area (Å²) in [7, 11) is 15.4. The molecular formula is C42H50Cl2SiZr. The molecule has 1 aliphatic heterocycles. The zero-order valence-electron chi connectivity index (χ0n) is 29.2. The second-order valence-corrected chi connectivity index (χ2v) is 31.9. The second kappa shape index (κ2) is 12.6. The molecule has 0 aromatic heterocycles. The molecule has 0 saturated carbocycles. The van der Waals surface area contributed by atoms with Crippen LogP contribution in [0.25, 0.3) is 28.3 Å². The third kappa shape index (κ3) is 6.15. The second-order valence-electron chi connectivity index (χ2n) is 16.0. The predicted octanol–water partition coefficient (Wildman–Crippen LogP) is 10.6. The minimum atomic E-state index is -4.05. The molecule has 0 saturated heterocycles. The van der Waals surface area contributed by atoms with Gasteiger partial charge in [-0.05, 0) is 0 Å². The van der Waals surface area contributed by atoms with E-state index in [1.165, 1.54) is 69.3 Å². The summed E-state index contributed by atoms with van der Waals surface area (Å²) in [6.07, 6.45) is 5.89. The maximum atomic E-state index is 8.02. The van der Waals surface area contributed by atoms with Gasteiger partial charge in [0.1, 0.15) is 0 Å². The van der Waals surface area contributed by atoms with Gasteiger partial charge in [0.15, 0.2) is 0 Å². The Kier molecular flexibility index (Phi) is 9.39. The molecule has 0 N–H and O–H groups in total. The van der Waals surface area contributed by atoms with E-state index in [2.05, 4.69) is 141 Å². The third-order valence-electron chi connectivity index (χ3n) is 10.3. The van der Waals surface area contributed by atoms with Gasteiger partial charge in [0.2, 0.25) is 0 Å². The van der Waals surface area contributed by atoms with Gasteiger partial charge in [-0.3, -0.25) is 0 Å². The van der Waals surface area contributed by atoms with Gasteiger partial charge in [-0.25, -0.2) is 0 Å². The van der Waals surface area contributed by atoms with E-state index in [1.807, 2.05) is 0 Å². The van der Waals surface area contributed by atoms with Crippen molar-refractivity contribution in [2.75, 3.05) is 0 Å². The van der Waals surface area contributed by atoms with Gasteiger partial charge < -0.3 is 0 Å². The summed E-state index contributed by atoms with van der Waals surface area (Å²) in [5, 5.41) is 3.02. The van der Waals surface area contributed by atoms with Crippen molar-refractivity contribution in [2.45, 2.75) is 102 Å². The zero-order valence-corrected chi connectivity index (χ0v) is 34.6. The van der Waals surface area contributed by atoms with Gasteiger partial charge in [-0.15, -0.1) is 0 Å². The SMILES string of the molecule is CCCCC1=Cc2c(ccc(C(C)C)c2-c2cc(C(C)(C)C)cc(C(C)(C)C)c2)[CH]1[Zr]([Cl])([Cl])[c]1cccc2c1[SiH2]c1ccccc1-2. The number of allylic oxidation sites excluding steroid dienone is 1. The molecular weight excluding hydrogens is 695 g/mol. The number of halogens is 2. The Balaban J connectivity index is 1.58. The van der Waals surface area contributed by atoms with Gasteiger partial charge >= 0.3 is 295 Å². The van der Waals surface area contributed by atoms with Crippen molar-refractivity contribution >= 4 is 46.3 Å². The summed E-state index contributed by atoms with van der Waals surface area (Å²) < 4.78 is 1.42. The molecule has 6 rings (SSSR count). The van der Waals surface area contributed by atoms with E-state index in [0.29, 0.717) is 5.92 Å². The molecule has 0 fully saturated rings. The van der Waals surface area contributed by atoms with Crippen molar-refractivity contribution in [3.8, 4) is 22.3 Å². The molecule has 0 nitrogen and oxygen atoms in total. The Morgan fingerprint density at radius 1 is 0.804 bits per heavy atom. The van der Waals surface area contributed by atoms with Crippen molar-refractivity contribution in [3.63, 3.8) is 0 Å². The van der Waals surface area contributed by atoms with Crippen molar-refractivity contribution in [3.05, 3.63) is 106 Å². The van der Waals surface area contributed by atoms with Gasteiger partial charge in [-0.2, -0.15) is 0 Å². The number of unbranched alkanes of at least 4 members (excludes halogenated alkanes) is 1. The summed E-state index contributed by atoms with van der Waals surface area (Å²) in [4.78, 5) is 0. The molecule has 46 heavy (non-hydrogen) atoms. The Morgan fingerprint density at radius 2 is 1.46 bits per heavy atom. The molecule has 0 bridgehead atoms. The maximum absolute atomic E-state index is 8.02. The van der Waals surface area contributed by atoms with Crippen LogP contribution in [0.5, 0.6) is 0 Å². The average molecular weight is 745 g/mol. The minimum absolute atomic E-state index is 0.0453. The summed E-state index contributed by atoms with van der Waals surface area (Å²) in [6.45, 7) is 21.0. The Hall–Kier alpha value is -1.70. The zero-order chi connectivity index (χ0) is 33.2. The fraction of sp³-hybridized carbons (Fsp3) is 0.381. The molecule has 0 amide bonds. The van der Waals surface area contributed by atoms with Crippen LogP contribution in [0, 0.1) is 0 Å². The molecule has 2 aliphatic rings. The van der Waals surface area contributed by atoms with E-state index in [4.69, 9.17) is 17.0 Å². The molecule has 1 unspecified atom stereocenters. The third-order valence-corrected chi connectivity index (χ3v) is 24.6. The predicted molar refractivity (Wildman–Crippen MR) is 205 cm³/mol. The number of hydrogen-bond donors (Lipinski definition) is 0. The first-order valence-corrected chi connectivity index (χ1v) is 27.6. The fourth-order valence-electron chi connectivity index (χ4n) is 7.62. The van der Waals surface area contributed by atoms with E-state index in [1.54, 1.807) is 0 Å². The van der Waals surface area contributed by atoms with Crippen LogP contribution in [0.1, 0.15) is 119 Å². The Morgan fingerprint density at radius 3 is 2.09 bits per heavy atom. The summed E-state index contributed by atoms with van der Waals surface area (Å²) >= 11 is -4.05. The van der Waals surface area contributed by atoms with Crippen molar-refractivity contribution in [2.24, 2.45) is 0 Å². The van der Waals surface area contributed by atoms with Crippen molar-refractivity contribution < 1.29 is 17.9 Å². The molecule has 4 aromatic carbocycles. The van der Waals surface area contributed by atoms with E-state index in [0.717, 1.165) is 19.3 Å². The molecule has 1 atom stereocenters. The number of benzene rings is 4. The number of fused-ring (bicyclic) bond motifs is 4. The van der Waals surface area contributed by atoms with Crippen LogP contribution in [0.2, 0.25) is 0 Å². The molecule has 1 heterocycles. The van der Waals surface area contributed by atoms with E-state index in [-0.39, 0.29) is 14.5 Å². The Labute approximate surface area is 292 Å². The molecule has 1 aliphatic carbocycles. The van der Waals surface area contributed by atoms with Crippen LogP contribution in [0.15, 0.2) is 78.4 Å². The van der Waals surface area contributed by atoms with Crippen LogP contribution in [0.4, 0.5) is 0 Å². The van der Waals surface area contributed by atoms with Crippen LogP contribution in [-0.2, 0) is 28.7 Å². The van der Waals surface area contributed by atoms with Crippen LogP contribution >= 0.6 is 17.0 Å². The van der Waals surface area contributed by atoms with Gasteiger partial charge in [0.25, 0.3) is 0 Å². The standard InChI is InChI=1S/C30H41.C12H9Si.2ClH.Zr/c1-10-11-12-21-15-22-13-14-26(20(2)3)28(27(22)16-21)23-17-24(29(4,5)6)19-25(18-23)30(7,8)9;1-3-7-11-9(5-1)10-6-2-4-8-12(10)13-11;;;/h13-20H,10-12H2,1-9H3;1-7H,13H2;2*1H;/q;;;;+2/p-2. The molecule has 0 radical (unpaired) electrons. The Bertz CT molecular complexity index is 1800. The van der Waals surface area contributed by atoms with E-state index < -0.39 is 27.4 Å². The molecule has 4 heteroatoms.